The number of benzene rings is 1. The van der Waals surface area contributed by atoms with Gasteiger partial charge in [-0.3, -0.25) is 9.88 Å². The van der Waals surface area contributed by atoms with Crippen molar-refractivity contribution in [3.63, 3.8) is 0 Å². The monoisotopic (exact) mass is 441 g/mol. The second kappa shape index (κ2) is 9.85. The second-order valence-electron chi connectivity index (χ2n) is 8.07. The van der Waals surface area contributed by atoms with Crippen LogP contribution in [0.1, 0.15) is 40.4 Å². The maximum atomic E-state index is 13.7. The zero-order chi connectivity index (χ0) is 21.7. The third-order valence-corrected chi connectivity index (χ3v) is 7.19. The fourth-order valence-electron chi connectivity index (χ4n) is 3.97. The number of likely N-dealkylation sites (tertiary alicyclic amines) is 1. The summed E-state index contributed by atoms with van der Waals surface area (Å²) in [5, 5.41) is 12.2. The number of hydrogen-bond acceptors (Lipinski definition) is 6. The summed E-state index contributed by atoms with van der Waals surface area (Å²) in [4.78, 5) is 12.3. The first-order chi connectivity index (χ1) is 15.0. The van der Waals surface area contributed by atoms with Crippen LogP contribution in [-0.4, -0.2) is 39.7 Å². The largest absolute Gasteiger partial charge is 0.490 e. The number of aromatic nitrogens is 2. The number of pyridine rings is 1. The van der Waals surface area contributed by atoms with Gasteiger partial charge in [0.05, 0.1) is 12.3 Å². The third-order valence-electron chi connectivity index (χ3n) is 5.78. The Labute approximate surface area is 186 Å². The van der Waals surface area contributed by atoms with E-state index in [0.717, 1.165) is 41.6 Å². The van der Waals surface area contributed by atoms with Crippen molar-refractivity contribution in [1.29, 1.82) is 0 Å². The van der Waals surface area contributed by atoms with E-state index in [0.29, 0.717) is 25.9 Å². The van der Waals surface area contributed by atoms with Gasteiger partial charge < -0.3 is 9.84 Å². The first-order valence-electron chi connectivity index (χ1n) is 10.7. The summed E-state index contributed by atoms with van der Waals surface area (Å²) in [6.45, 7) is 4.99. The number of rotatable bonds is 7. The molecule has 5 nitrogen and oxygen atoms in total. The summed E-state index contributed by atoms with van der Waals surface area (Å²) in [7, 11) is 0. The van der Waals surface area contributed by atoms with Crippen LogP contribution in [0.2, 0.25) is 0 Å². The Morgan fingerprint density at radius 3 is 2.77 bits per heavy atom. The van der Waals surface area contributed by atoms with Crippen LogP contribution in [-0.2, 0) is 18.6 Å². The lowest BCUT2D eigenvalue weighted by molar-refractivity contribution is 0.0207. The highest BCUT2D eigenvalue weighted by Gasteiger charge is 2.35. The average Bonchev–Trinajstić information content (AvgIpc) is 3.04. The summed E-state index contributed by atoms with van der Waals surface area (Å²) >= 11 is 1.56. The van der Waals surface area contributed by atoms with Crippen molar-refractivity contribution in [2.24, 2.45) is 0 Å². The van der Waals surface area contributed by atoms with E-state index in [2.05, 4.69) is 9.88 Å². The van der Waals surface area contributed by atoms with Gasteiger partial charge >= 0.3 is 0 Å². The molecule has 0 amide bonds. The van der Waals surface area contributed by atoms with Gasteiger partial charge in [0.15, 0.2) is 11.6 Å². The molecule has 1 saturated heterocycles. The molecule has 0 spiro atoms. The number of hydrogen-bond donors (Lipinski definition) is 1. The molecule has 164 valence electrons. The number of ether oxygens (including phenoxy) is 1. The number of aryl methyl sites for hydroxylation is 1. The minimum Gasteiger partial charge on any atom is -0.490 e. The predicted octanol–water partition coefficient (Wildman–Crippen LogP) is 4.48. The lowest BCUT2D eigenvalue weighted by atomic mass is 9.96. The molecule has 2 aromatic heterocycles. The molecule has 0 radical (unpaired) electrons. The van der Waals surface area contributed by atoms with Crippen LogP contribution in [0.4, 0.5) is 4.39 Å². The predicted molar refractivity (Wildman–Crippen MR) is 120 cm³/mol. The number of nitrogens with zero attached hydrogens (tertiary/aromatic N) is 3. The fraction of sp³-hybridized carbons (Fsp3) is 0.417. The van der Waals surface area contributed by atoms with Crippen LogP contribution in [0.5, 0.6) is 5.75 Å². The maximum Gasteiger partial charge on any atom is 0.165 e. The molecule has 3 heterocycles. The van der Waals surface area contributed by atoms with Crippen molar-refractivity contribution in [1.82, 2.24) is 14.9 Å². The Morgan fingerprint density at radius 2 is 1.97 bits per heavy atom. The van der Waals surface area contributed by atoms with Gasteiger partial charge in [0.2, 0.25) is 0 Å². The van der Waals surface area contributed by atoms with Crippen LogP contribution >= 0.6 is 11.3 Å². The Morgan fingerprint density at radius 1 is 1.16 bits per heavy atom. The normalized spacial score (nSPS) is 19.8. The second-order valence-corrected chi connectivity index (χ2v) is 9.16. The lowest BCUT2D eigenvalue weighted by Gasteiger charge is -2.24. The van der Waals surface area contributed by atoms with E-state index in [1.807, 2.05) is 31.5 Å². The third kappa shape index (κ3) is 5.47. The molecule has 4 rings (SSSR count). The average molecular weight is 442 g/mol. The van der Waals surface area contributed by atoms with Gasteiger partial charge in [-0.2, -0.15) is 0 Å². The van der Waals surface area contributed by atoms with E-state index in [-0.39, 0.29) is 11.6 Å². The van der Waals surface area contributed by atoms with Gasteiger partial charge in [0, 0.05) is 36.8 Å². The molecule has 31 heavy (non-hydrogen) atoms. The molecular formula is C24H28FN3O2S. The number of aliphatic hydroxyl groups is 1. The Balaban J connectivity index is 1.37. The molecule has 0 saturated carbocycles. The summed E-state index contributed by atoms with van der Waals surface area (Å²) in [6, 6.07) is 10.5. The van der Waals surface area contributed by atoms with Crippen molar-refractivity contribution in [3.05, 3.63) is 75.8 Å². The van der Waals surface area contributed by atoms with Crippen molar-refractivity contribution in [2.45, 2.75) is 44.8 Å². The molecule has 1 N–H and O–H groups in total. The molecule has 1 fully saturated rings. The Bertz CT molecular complexity index is 997. The fourth-order valence-corrected chi connectivity index (χ4v) is 5.16. The highest BCUT2D eigenvalue weighted by Crippen LogP contribution is 2.37. The molecule has 1 unspecified atom stereocenters. The van der Waals surface area contributed by atoms with E-state index in [1.165, 1.54) is 11.6 Å². The summed E-state index contributed by atoms with van der Waals surface area (Å²) < 4.78 is 19.3. The van der Waals surface area contributed by atoms with Crippen LogP contribution in [0.3, 0.4) is 0 Å². The van der Waals surface area contributed by atoms with Crippen LogP contribution < -0.4 is 4.74 Å². The van der Waals surface area contributed by atoms with Crippen molar-refractivity contribution in [2.75, 3.05) is 19.7 Å². The standard InChI is InChI=1S/C24H28FN3O2S/c1-18-22(9-16-30-21-6-3-2-5-20(21)25)31-23(27-18)24(29)10-4-14-28(15-11-24)17-19-7-12-26-13-8-19/h2-3,5-8,12-13,29H,4,9-11,14-17H2,1H3. The number of halogens is 1. The van der Waals surface area contributed by atoms with Gasteiger partial charge in [0.25, 0.3) is 0 Å². The molecule has 7 heteroatoms. The molecule has 1 aliphatic heterocycles. The number of thiazole rings is 1. The first kappa shape index (κ1) is 21.9. The smallest absolute Gasteiger partial charge is 0.165 e. The van der Waals surface area contributed by atoms with Gasteiger partial charge in [-0.25, -0.2) is 9.37 Å². The van der Waals surface area contributed by atoms with E-state index in [1.54, 1.807) is 29.5 Å². The number of para-hydroxylation sites is 1. The van der Waals surface area contributed by atoms with E-state index >= 15 is 0 Å². The van der Waals surface area contributed by atoms with Gasteiger partial charge in [-0.15, -0.1) is 11.3 Å². The van der Waals surface area contributed by atoms with Gasteiger partial charge in [0.1, 0.15) is 10.6 Å². The highest BCUT2D eigenvalue weighted by atomic mass is 32.1. The van der Waals surface area contributed by atoms with E-state index in [9.17, 15) is 9.50 Å². The van der Waals surface area contributed by atoms with E-state index < -0.39 is 5.60 Å². The summed E-state index contributed by atoms with van der Waals surface area (Å²) in [6.07, 6.45) is 6.57. The summed E-state index contributed by atoms with van der Waals surface area (Å²) in [5.41, 5.74) is 1.26. The minimum absolute atomic E-state index is 0.265. The quantitative estimate of drug-likeness (QED) is 0.586. The van der Waals surface area contributed by atoms with Gasteiger partial charge in [-0.05, 0) is 62.6 Å². The maximum absolute atomic E-state index is 13.7. The SMILES string of the molecule is Cc1nc(C2(O)CCCN(Cc3ccncc3)CC2)sc1CCOc1ccccc1F. The molecule has 0 aliphatic carbocycles. The van der Waals surface area contributed by atoms with Crippen molar-refractivity contribution < 1.29 is 14.2 Å². The molecule has 0 bridgehead atoms. The van der Waals surface area contributed by atoms with Crippen LogP contribution in [0.25, 0.3) is 0 Å². The van der Waals surface area contributed by atoms with Gasteiger partial charge in [-0.1, -0.05) is 12.1 Å². The molecular weight excluding hydrogens is 413 g/mol. The zero-order valence-electron chi connectivity index (χ0n) is 17.8. The van der Waals surface area contributed by atoms with Crippen molar-refractivity contribution >= 4 is 11.3 Å². The molecule has 1 aliphatic rings. The Kier molecular flexibility index (Phi) is 6.95. The lowest BCUT2D eigenvalue weighted by Crippen LogP contribution is -2.29. The van der Waals surface area contributed by atoms with Crippen LogP contribution in [0.15, 0.2) is 48.8 Å². The topological polar surface area (TPSA) is 58.5 Å². The molecule has 1 aromatic carbocycles. The van der Waals surface area contributed by atoms with E-state index in [4.69, 9.17) is 9.72 Å². The Hall–Kier alpha value is -2.35. The highest BCUT2D eigenvalue weighted by molar-refractivity contribution is 7.11. The minimum atomic E-state index is -0.896. The van der Waals surface area contributed by atoms with Crippen molar-refractivity contribution in [3.8, 4) is 5.75 Å². The molecule has 3 aromatic rings. The molecule has 1 atom stereocenters. The first-order valence-corrected chi connectivity index (χ1v) is 11.5. The van der Waals surface area contributed by atoms with Crippen LogP contribution in [0, 0.1) is 12.7 Å². The zero-order valence-corrected chi connectivity index (χ0v) is 18.6. The summed E-state index contributed by atoms with van der Waals surface area (Å²) in [5.74, 6) is -0.0881.